The van der Waals surface area contributed by atoms with Crippen LogP contribution in [0.25, 0.3) is 0 Å². The molecule has 0 aliphatic heterocycles. The normalized spacial score (nSPS) is 9.71. The van der Waals surface area contributed by atoms with Gasteiger partial charge in [-0.05, 0) is 37.6 Å². The van der Waals surface area contributed by atoms with Gasteiger partial charge in [-0.1, -0.05) is 24.3 Å². The van der Waals surface area contributed by atoms with Crippen LogP contribution in [0.15, 0.2) is 48.5 Å². The van der Waals surface area contributed by atoms with E-state index in [0.717, 1.165) is 5.75 Å². The molecule has 0 aliphatic rings. The van der Waals surface area contributed by atoms with Gasteiger partial charge in [0, 0.05) is 6.42 Å². The Morgan fingerprint density at radius 2 is 1.67 bits per heavy atom. The van der Waals surface area contributed by atoms with E-state index in [1.54, 1.807) is 12.1 Å². The number of para-hydroxylation sites is 4. The molecule has 0 atom stereocenters. The van der Waals surface area contributed by atoms with E-state index in [1.165, 1.54) is 0 Å². The zero-order valence-corrected chi connectivity index (χ0v) is 14.5. The van der Waals surface area contributed by atoms with E-state index in [-0.39, 0.29) is 18.3 Å². The minimum atomic E-state index is -0.0791. The molecule has 0 spiro atoms. The summed E-state index contributed by atoms with van der Waals surface area (Å²) in [5, 5.41) is 2.80. The van der Waals surface area contributed by atoms with Crippen LogP contribution >= 0.6 is 12.4 Å². The Balaban J connectivity index is 0.00000288. The van der Waals surface area contributed by atoms with Crippen LogP contribution in [0.3, 0.4) is 0 Å². The van der Waals surface area contributed by atoms with Gasteiger partial charge in [0.15, 0.2) is 11.5 Å². The summed E-state index contributed by atoms with van der Waals surface area (Å²) in [4.78, 5) is 11.9. The maximum absolute atomic E-state index is 11.9. The molecule has 0 saturated carbocycles. The fraction of sp³-hybridized carbons (Fsp3) is 0.278. The summed E-state index contributed by atoms with van der Waals surface area (Å²) in [5.74, 6) is 1.34. The molecule has 2 aromatic carbocycles. The molecular weight excluding hydrogens is 328 g/mol. The number of halogens is 1. The quantitative estimate of drug-likeness (QED) is 0.559. The minimum absolute atomic E-state index is 0. The Hall–Kier alpha value is -2.40. The SMILES string of the molecule is CCOc1ccccc1OCCCC(=O)Nc1ccccc1N.Cl. The molecular formula is C18H23ClN2O3. The number of hydrogen-bond donors (Lipinski definition) is 2. The fourth-order valence-electron chi connectivity index (χ4n) is 2.08. The van der Waals surface area contributed by atoms with Crippen molar-refractivity contribution in [3.05, 3.63) is 48.5 Å². The Morgan fingerprint density at radius 1 is 1.04 bits per heavy atom. The number of benzene rings is 2. The highest BCUT2D eigenvalue weighted by molar-refractivity contribution is 5.93. The molecule has 6 heteroatoms. The zero-order chi connectivity index (χ0) is 16.5. The molecule has 0 bridgehead atoms. The first-order chi connectivity index (χ1) is 11.2. The van der Waals surface area contributed by atoms with Crippen molar-refractivity contribution in [1.29, 1.82) is 0 Å². The molecule has 0 saturated heterocycles. The number of ether oxygens (including phenoxy) is 2. The van der Waals surface area contributed by atoms with E-state index in [2.05, 4.69) is 5.32 Å². The first kappa shape index (κ1) is 19.6. The van der Waals surface area contributed by atoms with Gasteiger partial charge in [0.2, 0.25) is 5.91 Å². The molecule has 0 unspecified atom stereocenters. The van der Waals surface area contributed by atoms with Crippen molar-refractivity contribution >= 4 is 29.7 Å². The van der Waals surface area contributed by atoms with E-state index < -0.39 is 0 Å². The third-order valence-electron chi connectivity index (χ3n) is 3.19. The molecule has 0 aromatic heterocycles. The molecule has 0 heterocycles. The van der Waals surface area contributed by atoms with Gasteiger partial charge >= 0.3 is 0 Å². The lowest BCUT2D eigenvalue weighted by Crippen LogP contribution is -2.14. The summed E-state index contributed by atoms with van der Waals surface area (Å²) in [6.45, 7) is 2.96. The Bertz CT molecular complexity index is 650. The van der Waals surface area contributed by atoms with Crippen LogP contribution in [0.2, 0.25) is 0 Å². The van der Waals surface area contributed by atoms with Crippen molar-refractivity contribution in [2.24, 2.45) is 0 Å². The van der Waals surface area contributed by atoms with Crippen LogP contribution in [0.4, 0.5) is 11.4 Å². The van der Waals surface area contributed by atoms with Gasteiger partial charge in [0.1, 0.15) is 0 Å². The molecule has 0 aliphatic carbocycles. The van der Waals surface area contributed by atoms with Gasteiger partial charge in [0.05, 0.1) is 24.6 Å². The molecule has 0 fully saturated rings. The van der Waals surface area contributed by atoms with Crippen molar-refractivity contribution in [2.45, 2.75) is 19.8 Å². The predicted molar refractivity (Wildman–Crippen MR) is 99.1 cm³/mol. The average Bonchev–Trinajstić information content (AvgIpc) is 2.55. The molecule has 2 aromatic rings. The second-order valence-corrected chi connectivity index (χ2v) is 4.97. The second-order valence-electron chi connectivity index (χ2n) is 4.97. The minimum Gasteiger partial charge on any atom is -0.490 e. The number of nitrogens with two attached hydrogens (primary N) is 1. The molecule has 130 valence electrons. The van der Waals surface area contributed by atoms with E-state index in [9.17, 15) is 4.79 Å². The maximum atomic E-state index is 11.9. The van der Waals surface area contributed by atoms with Gasteiger partial charge in [0.25, 0.3) is 0 Å². The van der Waals surface area contributed by atoms with E-state index in [0.29, 0.717) is 43.2 Å². The predicted octanol–water partition coefficient (Wildman–Crippen LogP) is 3.89. The zero-order valence-electron chi connectivity index (χ0n) is 13.7. The monoisotopic (exact) mass is 350 g/mol. The Morgan fingerprint density at radius 3 is 2.33 bits per heavy atom. The van der Waals surface area contributed by atoms with Crippen molar-refractivity contribution in [3.8, 4) is 11.5 Å². The number of nitrogen functional groups attached to an aromatic ring is 1. The van der Waals surface area contributed by atoms with Gasteiger partial charge in [-0.3, -0.25) is 4.79 Å². The summed E-state index contributed by atoms with van der Waals surface area (Å²) in [5.41, 5.74) is 6.99. The number of rotatable bonds is 8. The fourth-order valence-corrected chi connectivity index (χ4v) is 2.08. The third kappa shape index (κ3) is 6.01. The van der Waals surface area contributed by atoms with Gasteiger partial charge < -0.3 is 20.5 Å². The first-order valence-electron chi connectivity index (χ1n) is 7.69. The molecule has 1 amide bonds. The molecule has 3 N–H and O–H groups in total. The number of amides is 1. The highest BCUT2D eigenvalue weighted by atomic mass is 35.5. The van der Waals surface area contributed by atoms with Crippen molar-refractivity contribution in [3.63, 3.8) is 0 Å². The first-order valence-corrected chi connectivity index (χ1v) is 7.69. The molecule has 24 heavy (non-hydrogen) atoms. The lowest BCUT2D eigenvalue weighted by molar-refractivity contribution is -0.116. The lowest BCUT2D eigenvalue weighted by Gasteiger charge is -2.11. The largest absolute Gasteiger partial charge is 0.490 e. The summed E-state index contributed by atoms with van der Waals surface area (Å²) >= 11 is 0. The van der Waals surface area contributed by atoms with Crippen molar-refractivity contribution in [2.75, 3.05) is 24.3 Å². The summed E-state index contributed by atoms with van der Waals surface area (Å²) in [6, 6.07) is 14.7. The number of anilines is 2. The number of carbonyl (C=O) groups excluding carboxylic acids is 1. The highest BCUT2D eigenvalue weighted by Gasteiger charge is 2.06. The topological polar surface area (TPSA) is 73.6 Å². The summed E-state index contributed by atoms with van der Waals surface area (Å²) in [7, 11) is 0. The molecule has 5 nitrogen and oxygen atoms in total. The lowest BCUT2D eigenvalue weighted by atomic mass is 10.2. The highest BCUT2D eigenvalue weighted by Crippen LogP contribution is 2.26. The van der Waals surface area contributed by atoms with Gasteiger partial charge in [-0.15, -0.1) is 12.4 Å². The summed E-state index contributed by atoms with van der Waals surface area (Å²) in [6.07, 6.45) is 0.976. The Kier molecular flexibility index (Phi) is 8.50. The maximum Gasteiger partial charge on any atom is 0.224 e. The van der Waals surface area contributed by atoms with Crippen LogP contribution in [0.1, 0.15) is 19.8 Å². The van der Waals surface area contributed by atoms with E-state index >= 15 is 0 Å². The smallest absolute Gasteiger partial charge is 0.224 e. The average molecular weight is 351 g/mol. The van der Waals surface area contributed by atoms with Crippen LogP contribution in [0, 0.1) is 0 Å². The van der Waals surface area contributed by atoms with Crippen LogP contribution in [-0.2, 0) is 4.79 Å². The van der Waals surface area contributed by atoms with Crippen molar-refractivity contribution in [1.82, 2.24) is 0 Å². The Labute approximate surface area is 148 Å². The van der Waals surface area contributed by atoms with Crippen LogP contribution < -0.4 is 20.5 Å². The number of carbonyl (C=O) groups is 1. The van der Waals surface area contributed by atoms with Crippen LogP contribution in [0.5, 0.6) is 11.5 Å². The van der Waals surface area contributed by atoms with Gasteiger partial charge in [-0.25, -0.2) is 0 Å². The molecule has 0 radical (unpaired) electrons. The second kappa shape index (κ2) is 10.4. The number of hydrogen-bond acceptors (Lipinski definition) is 4. The standard InChI is InChI=1S/C18H22N2O3.ClH/c1-2-22-16-10-5-6-11-17(16)23-13-7-12-18(21)20-15-9-4-3-8-14(15)19;/h3-6,8-11H,2,7,12-13,19H2,1H3,(H,20,21);1H. The van der Waals surface area contributed by atoms with Crippen molar-refractivity contribution < 1.29 is 14.3 Å². The van der Waals surface area contributed by atoms with Crippen LogP contribution in [-0.4, -0.2) is 19.1 Å². The van der Waals surface area contributed by atoms with E-state index in [1.807, 2.05) is 43.3 Å². The van der Waals surface area contributed by atoms with Gasteiger partial charge in [-0.2, -0.15) is 0 Å². The summed E-state index contributed by atoms with van der Waals surface area (Å²) < 4.78 is 11.2. The number of nitrogens with one attached hydrogen (secondary N) is 1. The third-order valence-corrected chi connectivity index (χ3v) is 3.19. The molecule has 2 rings (SSSR count). The van der Waals surface area contributed by atoms with E-state index in [4.69, 9.17) is 15.2 Å².